The molecule has 36 heavy (non-hydrogen) atoms. The Hall–Kier alpha value is -2.65. The SMILES string of the molecule is CC#CCOc1ccc(S(=O)(=O)CC2(C(=O)NO)CCN(C(=O)C3COC(C)(C)OC3C)CC2)cc1. The summed E-state index contributed by atoms with van der Waals surface area (Å²) in [6.45, 7) is 7.82. The highest BCUT2D eigenvalue weighted by Gasteiger charge is 2.47. The molecule has 11 heteroatoms. The number of piperidine rings is 1. The molecule has 2 heterocycles. The molecule has 2 N–H and O–H groups in total. The van der Waals surface area contributed by atoms with Crippen molar-refractivity contribution < 1.29 is 37.4 Å². The summed E-state index contributed by atoms with van der Waals surface area (Å²) in [7, 11) is -3.89. The number of amides is 2. The third-order valence-corrected chi connectivity index (χ3v) is 8.64. The number of ether oxygens (including phenoxy) is 3. The van der Waals surface area contributed by atoms with E-state index in [1.165, 1.54) is 24.3 Å². The van der Waals surface area contributed by atoms with Gasteiger partial charge in [0.15, 0.2) is 15.6 Å². The smallest absolute Gasteiger partial charge is 0.250 e. The number of nitrogens with zero attached hydrogens (tertiary/aromatic N) is 1. The van der Waals surface area contributed by atoms with Crippen LogP contribution in [0.1, 0.15) is 40.5 Å². The molecule has 0 aliphatic carbocycles. The van der Waals surface area contributed by atoms with E-state index in [1.807, 2.05) is 6.92 Å². The zero-order chi connectivity index (χ0) is 26.6. The maximum atomic E-state index is 13.2. The highest BCUT2D eigenvalue weighted by atomic mass is 32.2. The highest BCUT2D eigenvalue weighted by Crippen LogP contribution is 2.37. The van der Waals surface area contributed by atoms with Gasteiger partial charge in [-0.2, -0.15) is 0 Å². The van der Waals surface area contributed by atoms with Crippen LogP contribution in [-0.4, -0.2) is 74.3 Å². The van der Waals surface area contributed by atoms with Crippen LogP contribution < -0.4 is 10.2 Å². The van der Waals surface area contributed by atoms with Crippen molar-refractivity contribution in [3.8, 4) is 17.6 Å². The summed E-state index contributed by atoms with van der Waals surface area (Å²) in [4.78, 5) is 27.5. The molecule has 2 fully saturated rings. The van der Waals surface area contributed by atoms with Gasteiger partial charge in [0.05, 0.1) is 34.7 Å². The van der Waals surface area contributed by atoms with Crippen molar-refractivity contribution in [3.63, 3.8) is 0 Å². The van der Waals surface area contributed by atoms with E-state index in [-0.39, 0.29) is 56.1 Å². The van der Waals surface area contributed by atoms with Crippen LogP contribution in [0.3, 0.4) is 0 Å². The van der Waals surface area contributed by atoms with E-state index in [4.69, 9.17) is 14.2 Å². The Balaban J connectivity index is 1.70. The highest BCUT2D eigenvalue weighted by molar-refractivity contribution is 7.91. The van der Waals surface area contributed by atoms with Crippen molar-refractivity contribution in [2.75, 3.05) is 32.1 Å². The number of nitrogens with one attached hydrogen (secondary N) is 1. The molecule has 2 aliphatic rings. The molecule has 0 radical (unpaired) electrons. The Morgan fingerprint density at radius 2 is 1.86 bits per heavy atom. The lowest BCUT2D eigenvalue weighted by molar-refractivity contribution is -0.286. The van der Waals surface area contributed by atoms with Crippen LogP contribution in [0.25, 0.3) is 0 Å². The topological polar surface area (TPSA) is 131 Å². The molecular formula is C25H34N2O8S. The van der Waals surface area contributed by atoms with Crippen LogP contribution in [-0.2, 0) is 28.9 Å². The largest absolute Gasteiger partial charge is 0.481 e. The van der Waals surface area contributed by atoms with Crippen LogP contribution >= 0.6 is 0 Å². The number of carbonyl (C=O) groups excluding carboxylic acids is 2. The second kappa shape index (κ2) is 11.2. The summed E-state index contributed by atoms with van der Waals surface area (Å²) in [6, 6.07) is 5.89. The number of hydroxylamine groups is 1. The van der Waals surface area contributed by atoms with Gasteiger partial charge in [0.2, 0.25) is 5.91 Å². The van der Waals surface area contributed by atoms with Crippen LogP contribution in [0.4, 0.5) is 0 Å². The van der Waals surface area contributed by atoms with E-state index in [9.17, 15) is 23.2 Å². The molecule has 0 aromatic heterocycles. The Morgan fingerprint density at radius 3 is 2.42 bits per heavy atom. The molecule has 0 saturated carbocycles. The molecule has 2 amide bonds. The third-order valence-electron chi connectivity index (χ3n) is 6.72. The standard InChI is InChI=1S/C25H34N2O8S/c1-5-6-15-33-19-7-9-20(10-8-19)36(31,32)17-25(23(29)26-30)11-13-27(14-12-25)22(28)21-16-34-24(3,4)35-18(21)2/h7-10,18,21,30H,11-17H2,1-4H3,(H,26,29). The molecule has 0 bridgehead atoms. The van der Waals surface area contributed by atoms with Crippen molar-refractivity contribution in [1.82, 2.24) is 10.4 Å². The monoisotopic (exact) mass is 522 g/mol. The molecule has 2 unspecified atom stereocenters. The quantitative estimate of drug-likeness (QED) is 0.315. The van der Waals surface area contributed by atoms with Crippen molar-refractivity contribution in [2.24, 2.45) is 11.3 Å². The first-order valence-electron chi connectivity index (χ1n) is 11.8. The molecule has 2 atom stereocenters. The lowest BCUT2D eigenvalue weighted by atomic mass is 9.79. The normalized spacial score (nSPS) is 23.2. The van der Waals surface area contributed by atoms with Crippen molar-refractivity contribution in [3.05, 3.63) is 24.3 Å². The zero-order valence-electron chi connectivity index (χ0n) is 21.1. The first kappa shape index (κ1) is 27.9. The van der Waals surface area contributed by atoms with Gasteiger partial charge < -0.3 is 19.1 Å². The number of benzene rings is 1. The number of rotatable bonds is 7. The Bertz CT molecular complexity index is 1110. The van der Waals surface area contributed by atoms with Gasteiger partial charge in [-0.15, -0.1) is 5.92 Å². The second-order valence-electron chi connectivity index (χ2n) is 9.63. The molecule has 1 aromatic carbocycles. The van der Waals surface area contributed by atoms with Crippen molar-refractivity contribution in [1.29, 1.82) is 0 Å². The fourth-order valence-electron chi connectivity index (χ4n) is 4.59. The van der Waals surface area contributed by atoms with Crippen LogP contribution in [0, 0.1) is 23.2 Å². The fraction of sp³-hybridized carbons (Fsp3) is 0.600. The number of hydrogen-bond acceptors (Lipinski definition) is 8. The Kier molecular flexibility index (Phi) is 8.67. The summed E-state index contributed by atoms with van der Waals surface area (Å²) in [5.74, 6) is 3.22. The molecule has 10 nitrogen and oxygen atoms in total. The van der Waals surface area contributed by atoms with Gasteiger partial charge in [-0.1, -0.05) is 5.92 Å². The van der Waals surface area contributed by atoms with Gasteiger partial charge in [-0.3, -0.25) is 14.8 Å². The first-order valence-corrected chi connectivity index (χ1v) is 13.5. The lowest BCUT2D eigenvalue weighted by Gasteiger charge is -2.44. The first-order chi connectivity index (χ1) is 16.9. The van der Waals surface area contributed by atoms with Gasteiger partial charge in [0.1, 0.15) is 12.4 Å². The number of sulfone groups is 1. The lowest BCUT2D eigenvalue weighted by Crippen LogP contribution is -2.56. The van der Waals surface area contributed by atoms with E-state index in [2.05, 4.69) is 11.8 Å². The number of hydrogen-bond donors (Lipinski definition) is 2. The van der Waals surface area contributed by atoms with Crippen molar-refractivity contribution in [2.45, 2.75) is 57.3 Å². The minimum Gasteiger partial charge on any atom is -0.481 e. The third kappa shape index (κ3) is 6.37. The van der Waals surface area contributed by atoms with Gasteiger partial charge >= 0.3 is 0 Å². The summed E-state index contributed by atoms with van der Waals surface area (Å²) in [5, 5.41) is 9.39. The molecular weight excluding hydrogens is 488 g/mol. The average Bonchev–Trinajstić information content (AvgIpc) is 2.83. The summed E-state index contributed by atoms with van der Waals surface area (Å²) in [6.07, 6.45) is -0.194. The van der Waals surface area contributed by atoms with E-state index >= 15 is 0 Å². The maximum absolute atomic E-state index is 13.2. The van der Waals surface area contributed by atoms with E-state index in [1.54, 1.807) is 31.2 Å². The maximum Gasteiger partial charge on any atom is 0.250 e. The van der Waals surface area contributed by atoms with Crippen LogP contribution in [0.2, 0.25) is 0 Å². The van der Waals surface area contributed by atoms with Crippen molar-refractivity contribution >= 4 is 21.7 Å². The molecule has 1 aromatic rings. The van der Waals surface area contributed by atoms with E-state index < -0.39 is 38.6 Å². The molecule has 198 valence electrons. The van der Waals surface area contributed by atoms with Gasteiger partial charge in [0.25, 0.3) is 5.91 Å². The van der Waals surface area contributed by atoms with E-state index in [0.29, 0.717) is 5.75 Å². The number of carbonyl (C=O) groups is 2. The second-order valence-corrected chi connectivity index (χ2v) is 11.6. The van der Waals surface area contributed by atoms with Gasteiger partial charge in [0, 0.05) is 13.1 Å². The predicted octanol–water partition coefficient (Wildman–Crippen LogP) is 1.76. The minimum atomic E-state index is -3.89. The molecule has 2 saturated heterocycles. The van der Waals surface area contributed by atoms with E-state index in [0.717, 1.165) is 0 Å². The zero-order valence-corrected chi connectivity index (χ0v) is 21.9. The fourth-order valence-corrected chi connectivity index (χ4v) is 6.45. The Morgan fingerprint density at radius 1 is 1.22 bits per heavy atom. The number of likely N-dealkylation sites (tertiary alicyclic amines) is 1. The van der Waals surface area contributed by atoms with Crippen LogP contribution in [0.15, 0.2) is 29.2 Å². The van der Waals surface area contributed by atoms with Gasteiger partial charge in [-0.05, 0) is 64.8 Å². The molecule has 2 aliphatic heterocycles. The minimum absolute atomic E-state index is 0.0352. The van der Waals surface area contributed by atoms with Crippen LogP contribution in [0.5, 0.6) is 5.75 Å². The molecule has 0 spiro atoms. The molecule has 3 rings (SSSR count). The Labute approximate surface area is 212 Å². The van der Waals surface area contributed by atoms with Gasteiger partial charge in [-0.25, -0.2) is 13.9 Å². The summed E-state index contributed by atoms with van der Waals surface area (Å²) >= 11 is 0. The average molecular weight is 523 g/mol. The predicted molar refractivity (Wildman–Crippen MR) is 130 cm³/mol. The summed E-state index contributed by atoms with van der Waals surface area (Å²) in [5.41, 5.74) is 0.246. The summed E-state index contributed by atoms with van der Waals surface area (Å²) < 4.78 is 43.3.